The second kappa shape index (κ2) is 20.7. The average molecular weight is 860 g/mol. The van der Waals surface area contributed by atoms with E-state index < -0.39 is 32.0 Å². The highest BCUT2D eigenvalue weighted by molar-refractivity contribution is 6.63. The zero-order valence-electron chi connectivity index (χ0n) is 37.1. The molecule has 4 unspecified atom stereocenters. The lowest BCUT2D eigenvalue weighted by Crippen LogP contribution is -2.69. The summed E-state index contributed by atoms with van der Waals surface area (Å²) in [6.45, 7) is 13.7. The van der Waals surface area contributed by atoms with Crippen molar-refractivity contribution in [2.75, 3.05) is 40.1 Å². The maximum Gasteiger partial charge on any atom is 0.524 e. The Balaban J connectivity index is 1.15. The number of Topliss-reactive ketones (excluding diaryl/α,β-unsaturated/α-hetero) is 1. The van der Waals surface area contributed by atoms with Gasteiger partial charge in [-0.05, 0) is 106 Å². The first-order chi connectivity index (χ1) is 29.9. The molecule has 10 nitrogen and oxygen atoms in total. The Morgan fingerprint density at radius 2 is 1.21 bits per heavy atom. The molecule has 5 aromatic carbocycles. The van der Waals surface area contributed by atoms with Crippen LogP contribution in [0, 0.1) is 0 Å². The van der Waals surface area contributed by atoms with Crippen molar-refractivity contribution in [2.24, 2.45) is 0 Å². The number of carbonyl (C=O) groups excluding carboxylic acids is 2. The van der Waals surface area contributed by atoms with Crippen LogP contribution in [0.5, 0.6) is 11.5 Å². The van der Waals surface area contributed by atoms with Gasteiger partial charge in [0, 0.05) is 48.3 Å². The molecule has 0 radical (unpaired) electrons. The van der Waals surface area contributed by atoms with Crippen LogP contribution in [0.15, 0.2) is 127 Å². The van der Waals surface area contributed by atoms with E-state index >= 15 is 0 Å². The monoisotopic (exact) mass is 859 g/mol. The van der Waals surface area contributed by atoms with E-state index in [0.29, 0.717) is 56.1 Å². The molecule has 1 saturated heterocycles. The molecule has 1 heterocycles. The lowest BCUT2D eigenvalue weighted by atomic mass is 9.71. The Bertz CT molecular complexity index is 2180. The third-order valence-electron chi connectivity index (χ3n) is 12.2. The van der Waals surface area contributed by atoms with Gasteiger partial charge in [-0.3, -0.25) is 4.79 Å². The summed E-state index contributed by atoms with van der Waals surface area (Å²) in [5, 5.41) is 11.3. The predicted molar refractivity (Wildman–Crippen MR) is 243 cm³/mol. The minimum Gasteiger partial charge on any atom is -0.497 e. The summed E-state index contributed by atoms with van der Waals surface area (Å²) >= 11 is 0. The fourth-order valence-corrected chi connectivity index (χ4v) is 11.6. The Kier molecular flexibility index (Phi) is 15.4. The topological polar surface area (TPSA) is 113 Å². The van der Waals surface area contributed by atoms with E-state index in [1.165, 1.54) is 0 Å². The molecule has 6 rings (SSSR count). The maximum absolute atomic E-state index is 13.4. The molecule has 1 N–H and O–H groups in total. The molecular formula is C51H61NO9Si. The normalized spacial score (nSPS) is 16.3. The Labute approximate surface area is 368 Å². The SMILES string of the molecule is CCO[Si](OCC)(OCC)C1CCN1C(=O)OCCCC(C)(c1ccc(OC(O)c2ccc(C(C)(c3ccccc3)c3ccc(OC)cc3)cc2)cc1)c1ccc(C(C)=O)cc1. The van der Waals surface area contributed by atoms with Crippen LogP contribution in [0.25, 0.3) is 0 Å². The van der Waals surface area contributed by atoms with Gasteiger partial charge >= 0.3 is 14.9 Å². The van der Waals surface area contributed by atoms with Gasteiger partial charge in [0.1, 0.15) is 17.2 Å². The summed E-state index contributed by atoms with van der Waals surface area (Å²) in [7, 11) is -1.45. The number of benzene rings is 5. The summed E-state index contributed by atoms with van der Waals surface area (Å²) in [5.74, 6) is 1.30. The van der Waals surface area contributed by atoms with Crippen LogP contribution in [0.2, 0.25) is 0 Å². The van der Waals surface area contributed by atoms with Crippen LogP contribution in [0.4, 0.5) is 4.79 Å². The number of ether oxygens (including phenoxy) is 3. The third kappa shape index (κ3) is 9.98. The Hall–Kier alpha value is -5.30. The van der Waals surface area contributed by atoms with E-state index in [-0.39, 0.29) is 18.1 Å². The van der Waals surface area contributed by atoms with Gasteiger partial charge in [0.15, 0.2) is 5.78 Å². The predicted octanol–water partition coefficient (Wildman–Crippen LogP) is 10.2. The van der Waals surface area contributed by atoms with Gasteiger partial charge in [-0.25, -0.2) is 4.79 Å². The van der Waals surface area contributed by atoms with Gasteiger partial charge in [-0.1, -0.05) is 110 Å². The maximum atomic E-state index is 13.4. The molecule has 1 aliphatic heterocycles. The third-order valence-corrected chi connectivity index (χ3v) is 15.7. The number of hydrogen-bond donors (Lipinski definition) is 1. The van der Waals surface area contributed by atoms with E-state index in [0.717, 1.165) is 40.0 Å². The molecule has 11 heteroatoms. The van der Waals surface area contributed by atoms with Crippen LogP contribution in [0.1, 0.15) is 111 Å². The summed E-state index contributed by atoms with van der Waals surface area (Å²) < 4.78 is 35.6. The molecule has 0 spiro atoms. The standard InChI is InChI=1S/C51H61NO9Si/c1-8-58-62(59-9-2,60-10-3)47-33-35-52(47)49(55)57-36-14-34-50(5,40-21-17-38(18-22-40)37(4)53)41-25-31-46(32-26-41)61-48(54)39-19-23-43(24-20-39)51(6,42-15-12-11-13-16-42)44-27-29-45(56-7)30-28-44/h11-13,15-32,47-48,54H,8-10,14,33-36H2,1-7H3. The van der Waals surface area contributed by atoms with E-state index in [1.807, 2.05) is 124 Å². The van der Waals surface area contributed by atoms with E-state index in [1.54, 1.807) is 18.9 Å². The van der Waals surface area contributed by atoms with Crippen molar-refractivity contribution in [1.29, 1.82) is 0 Å². The number of amides is 1. The number of carbonyl (C=O) groups is 2. The first-order valence-electron chi connectivity index (χ1n) is 21.6. The summed E-state index contributed by atoms with van der Waals surface area (Å²) in [5.41, 5.74) is 5.36. The second-order valence-corrected chi connectivity index (χ2v) is 18.7. The van der Waals surface area contributed by atoms with Crippen molar-refractivity contribution in [1.82, 2.24) is 4.90 Å². The van der Waals surface area contributed by atoms with Crippen molar-refractivity contribution in [3.05, 3.63) is 166 Å². The lowest BCUT2D eigenvalue weighted by molar-refractivity contribution is -0.0194. The smallest absolute Gasteiger partial charge is 0.497 e. The first kappa shape index (κ1) is 46.2. The van der Waals surface area contributed by atoms with Crippen LogP contribution in [-0.2, 0) is 28.8 Å². The van der Waals surface area contributed by atoms with Crippen LogP contribution < -0.4 is 9.47 Å². The molecular weight excluding hydrogens is 799 g/mol. The largest absolute Gasteiger partial charge is 0.524 e. The van der Waals surface area contributed by atoms with Crippen molar-refractivity contribution < 1.29 is 42.2 Å². The van der Waals surface area contributed by atoms with Gasteiger partial charge in [-0.2, -0.15) is 0 Å². The molecule has 1 amide bonds. The summed E-state index contributed by atoms with van der Waals surface area (Å²) in [6, 6.07) is 41.8. The van der Waals surface area contributed by atoms with E-state index in [9.17, 15) is 14.7 Å². The molecule has 0 bridgehead atoms. The summed E-state index contributed by atoms with van der Waals surface area (Å²) in [4.78, 5) is 27.2. The minimum atomic E-state index is -3.11. The lowest BCUT2D eigenvalue weighted by Gasteiger charge is -2.47. The summed E-state index contributed by atoms with van der Waals surface area (Å²) in [6.07, 6.45) is 0.356. The molecule has 0 aliphatic carbocycles. The number of aliphatic hydroxyl groups excluding tert-OH is 1. The molecule has 1 aliphatic rings. The second-order valence-electron chi connectivity index (χ2n) is 15.9. The van der Waals surface area contributed by atoms with E-state index in [2.05, 4.69) is 38.1 Å². The molecule has 0 aromatic heterocycles. The zero-order valence-corrected chi connectivity index (χ0v) is 38.1. The Morgan fingerprint density at radius 3 is 1.71 bits per heavy atom. The number of nitrogens with zero attached hydrogens (tertiary/aromatic N) is 1. The quantitative estimate of drug-likeness (QED) is 0.0253. The number of likely N-dealkylation sites (tertiary alicyclic amines) is 1. The van der Waals surface area contributed by atoms with Crippen LogP contribution in [-0.4, -0.2) is 76.4 Å². The minimum absolute atomic E-state index is 0.00305. The number of methoxy groups -OCH3 is 1. The molecule has 4 atom stereocenters. The number of aliphatic hydroxyl groups is 1. The van der Waals surface area contributed by atoms with Gasteiger partial charge in [0.05, 0.1) is 13.7 Å². The molecule has 5 aromatic rings. The molecule has 1 fully saturated rings. The Morgan fingerprint density at radius 1 is 0.710 bits per heavy atom. The molecule has 328 valence electrons. The van der Waals surface area contributed by atoms with Gasteiger partial charge in [0.2, 0.25) is 6.29 Å². The van der Waals surface area contributed by atoms with Crippen molar-refractivity contribution in [2.45, 2.75) is 83.6 Å². The van der Waals surface area contributed by atoms with Crippen LogP contribution >= 0.6 is 0 Å². The highest BCUT2D eigenvalue weighted by atomic mass is 28.4. The molecule has 62 heavy (non-hydrogen) atoms. The fourth-order valence-electron chi connectivity index (χ4n) is 8.46. The first-order valence-corrected chi connectivity index (χ1v) is 23.4. The van der Waals surface area contributed by atoms with Crippen molar-refractivity contribution >= 4 is 20.7 Å². The number of ketones is 1. The van der Waals surface area contributed by atoms with Gasteiger partial charge in [-0.15, -0.1) is 0 Å². The highest BCUT2D eigenvalue weighted by Gasteiger charge is 2.57. The zero-order chi connectivity index (χ0) is 44.3. The van der Waals surface area contributed by atoms with Gasteiger partial charge < -0.3 is 37.5 Å². The average Bonchev–Trinajstić information content (AvgIpc) is 3.28. The van der Waals surface area contributed by atoms with Crippen molar-refractivity contribution in [3.63, 3.8) is 0 Å². The van der Waals surface area contributed by atoms with Crippen molar-refractivity contribution in [3.8, 4) is 11.5 Å². The number of hydrogen-bond acceptors (Lipinski definition) is 9. The van der Waals surface area contributed by atoms with E-state index in [4.69, 9.17) is 27.5 Å². The number of rotatable bonds is 21. The van der Waals surface area contributed by atoms with Crippen LogP contribution in [0.3, 0.4) is 0 Å². The molecule has 0 saturated carbocycles. The van der Waals surface area contributed by atoms with Gasteiger partial charge in [0.25, 0.3) is 0 Å². The highest BCUT2D eigenvalue weighted by Crippen LogP contribution is 2.41. The fraction of sp³-hybridized carbons (Fsp3) is 0.373.